The number of carbonyl (C=O) groups is 1. The average molecular weight is 335 g/mol. The third-order valence-corrected chi connectivity index (χ3v) is 3.83. The number of nitrogens with one attached hydrogen (secondary N) is 1. The van der Waals surface area contributed by atoms with E-state index < -0.39 is 0 Å². The summed E-state index contributed by atoms with van der Waals surface area (Å²) in [5.41, 5.74) is 0.856. The number of hydrogen-bond donors (Lipinski definition) is 1. The number of carbonyl (C=O) groups excluding carboxylic acids is 1. The van der Waals surface area contributed by atoms with Crippen LogP contribution in [0.1, 0.15) is 32.3 Å². The van der Waals surface area contributed by atoms with Crippen molar-refractivity contribution in [3.8, 4) is 11.5 Å². The van der Waals surface area contributed by atoms with Gasteiger partial charge in [0, 0.05) is 0 Å². The highest BCUT2D eigenvalue weighted by Gasteiger charge is 2.15. The molecule has 0 bridgehead atoms. The van der Waals surface area contributed by atoms with Gasteiger partial charge in [-0.1, -0.05) is 25.1 Å². The van der Waals surface area contributed by atoms with E-state index in [4.69, 9.17) is 9.47 Å². The number of amidine groups is 1. The van der Waals surface area contributed by atoms with Crippen LogP contribution in [0.4, 0.5) is 0 Å². The number of unbranched alkanes of at least 4 members (excludes halogenated alkanes) is 1. The highest BCUT2D eigenvalue weighted by atomic mass is 32.2. The van der Waals surface area contributed by atoms with E-state index in [0.717, 1.165) is 24.2 Å². The summed E-state index contributed by atoms with van der Waals surface area (Å²) in [6.07, 6.45) is 3.72. The second-order valence-corrected chi connectivity index (χ2v) is 5.79. The van der Waals surface area contributed by atoms with E-state index in [0.29, 0.717) is 29.9 Å². The van der Waals surface area contributed by atoms with Crippen molar-refractivity contribution in [3.05, 3.63) is 23.8 Å². The summed E-state index contributed by atoms with van der Waals surface area (Å²) in [4.78, 5) is 11.1. The van der Waals surface area contributed by atoms with Crippen molar-refractivity contribution in [1.82, 2.24) is 5.32 Å². The number of amides is 1. The molecule has 0 aliphatic carbocycles. The van der Waals surface area contributed by atoms with Gasteiger partial charge in [0.1, 0.15) is 0 Å². The van der Waals surface area contributed by atoms with E-state index in [-0.39, 0.29) is 5.91 Å². The first kappa shape index (κ1) is 17.3. The predicted molar refractivity (Wildman–Crippen MR) is 93.6 cm³/mol. The largest absolute Gasteiger partial charge is 0.490 e. The van der Waals surface area contributed by atoms with Crippen molar-refractivity contribution in [2.45, 2.75) is 26.7 Å². The highest BCUT2D eigenvalue weighted by Crippen LogP contribution is 2.28. The van der Waals surface area contributed by atoms with Gasteiger partial charge in [-0.3, -0.25) is 4.79 Å². The molecule has 0 radical (unpaired) electrons. The second-order valence-electron chi connectivity index (χ2n) is 4.83. The first-order chi connectivity index (χ1) is 11.2. The Labute approximate surface area is 140 Å². The number of hydrogen-bond acceptors (Lipinski definition) is 6. The highest BCUT2D eigenvalue weighted by molar-refractivity contribution is 8.15. The number of thioether (sulfide) groups is 1. The zero-order valence-corrected chi connectivity index (χ0v) is 14.2. The average Bonchev–Trinajstić information content (AvgIpc) is 2.95. The molecule has 1 aliphatic rings. The monoisotopic (exact) mass is 335 g/mol. The molecule has 1 aliphatic heterocycles. The number of nitrogens with zero attached hydrogens (tertiary/aromatic N) is 2. The molecule has 0 atom stereocenters. The van der Waals surface area contributed by atoms with E-state index in [2.05, 4.69) is 22.4 Å². The van der Waals surface area contributed by atoms with Crippen molar-refractivity contribution < 1.29 is 14.3 Å². The van der Waals surface area contributed by atoms with Crippen LogP contribution in [-0.4, -0.2) is 36.3 Å². The number of benzene rings is 1. The van der Waals surface area contributed by atoms with E-state index in [1.165, 1.54) is 11.8 Å². The Balaban J connectivity index is 2.04. The molecule has 7 heteroatoms. The number of rotatable bonds is 8. The first-order valence-corrected chi connectivity index (χ1v) is 8.64. The second kappa shape index (κ2) is 9.19. The van der Waals surface area contributed by atoms with Crippen LogP contribution < -0.4 is 14.8 Å². The molecule has 1 N–H and O–H groups in total. The van der Waals surface area contributed by atoms with Crippen LogP contribution in [0, 0.1) is 0 Å². The fourth-order valence-corrected chi connectivity index (χ4v) is 2.48. The van der Waals surface area contributed by atoms with Gasteiger partial charge >= 0.3 is 0 Å². The maximum absolute atomic E-state index is 11.1. The molecule has 0 saturated carbocycles. The van der Waals surface area contributed by atoms with Crippen molar-refractivity contribution >= 4 is 29.1 Å². The van der Waals surface area contributed by atoms with Crippen molar-refractivity contribution in [2.24, 2.45) is 10.2 Å². The van der Waals surface area contributed by atoms with Gasteiger partial charge in [-0.05, 0) is 37.1 Å². The lowest BCUT2D eigenvalue weighted by molar-refractivity contribution is -0.116. The van der Waals surface area contributed by atoms with Gasteiger partial charge in [-0.15, -0.1) is 5.10 Å². The summed E-state index contributed by atoms with van der Waals surface area (Å²) in [6.45, 7) is 5.30. The molecule has 0 unspecified atom stereocenters. The molecular formula is C16H21N3O3S. The van der Waals surface area contributed by atoms with Crippen molar-refractivity contribution in [2.75, 3.05) is 19.0 Å². The smallest absolute Gasteiger partial charge is 0.236 e. The maximum atomic E-state index is 11.1. The molecule has 1 fully saturated rings. The summed E-state index contributed by atoms with van der Waals surface area (Å²) in [7, 11) is 0. The molecule has 1 aromatic carbocycles. The summed E-state index contributed by atoms with van der Waals surface area (Å²) in [6, 6.07) is 5.64. The Kier molecular flexibility index (Phi) is 6.93. The van der Waals surface area contributed by atoms with Crippen LogP contribution in [0.2, 0.25) is 0 Å². The summed E-state index contributed by atoms with van der Waals surface area (Å²) in [5.74, 6) is 1.79. The van der Waals surface area contributed by atoms with Crippen LogP contribution in [0.15, 0.2) is 28.4 Å². The van der Waals surface area contributed by atoms with Crippen LogP contribution in [0.3, 0.4) is 0 Å². The molecule has 0 spiro atoms. The maximum Gasteiger partial charge on any atom is 0.236 e. The van der Waals surface area contributed by atoms with Gasteiger partial charge in [0.15, 0.2) is 16.7 Å². The van der Waals surface area contributed by atoms with Crippen LogP contribution >= 0.6 is 11.8 Å². The Bertz CT molecular complexity index is 602. The minimum atomic E-state index is -0.0452. The zero-order chi connectivity index (χ0) is 16.5. The summed E-state index contributed by atoms with van der Waals surface area (Å²) >= 11 is 1.34. The van der Waals surface area contributed by atoms with Crippen LogP contribution in [0.5, 0.6) is 11.5 Å². The molecular weight excluding hydrogens is 314 g/mol. The number of ether oxygens (including phenoxy) is 2. The minimum Gasteiger partial charge on any atom is -0.490 e. The lowest BCUT2D eigenvalue weighted by atomic mass is 10.2. The Morgan fingerprint density at radius 2 is 2.17 bits per heavy atom. The Hall–Kier alpha value is -2.02. The summed E-state index contributed by atoms with van der Waals surface area (Å²) < 4.78 is 11.4. The van der Waals surface area contributed by atoms with Gasteiger partial charge in [0.2, 0.25) is 5.91 Å². The molecule has 1 saturated heterocycles. The molecule has 23 heavy (non-hydrogen) atoms. The molecule has 6 nitrogen and oxygen atoms in total. The van der Waals surface area contributed by atoms with Gasteiger partial charge in [0.05, 0.1) is 25.2 Å². The van der Waals surface area contributed by atoms with Gasteiger partial charge in [0.25, 0.3) is 0 Å². The molecule has 1 aromatic rings. The molecule has 1 amide bonds. The fraction of sp³-hybridized carbons (Fsp3) is 0.438. The summed E-state index contributed by atoms with van der Waals surface area (Å²) in [5, 5.41) is 11.1. The molecule has 2 rings (SSSR count). The third-order valence-electron chi connectivity index (χ3n) is 2.96. The quantitative estimate of drug-likeness (QED) is 0.450. The van der Waals surface area contributed by atoms with Gasteiger partial charge in [-0.25, -0.2) is 0 Å². The molecule has 0 aromatic heterocycles. The van der Waals surface area contributed by atoms with Gasteiger partial charge < -0.3 is 14.8 Å². The Morgan fingerprint density at radius 1 is 1.30 bits per heavy atom. The van der Waals surface area contributed by atoms with E-state index in [1.807, 2.05) is 25.1 Å². The SMILES string of the molecule is CCCCOc1ccc(C=NN=C2NC(=O)CS2)cc1OCC. The normalized spacial score (nSPS) is 16.1. The third kappa shape index (κ3) is 5.59. The molecule has 124 valence electrons. The van der Waals surface area contributed by atoms with E-state index >= 15 is 0 Å². The standard InChI is InChI=1S/C16H21N3O3S/c1-3-5-8-22-13-7-6-12(9-14(13)21-4-2)10-17-19-16-18-15(20)11-23-16/h6-7,9-10H,3-5,8,11H2,1-2H3,(H,18,19,20). The lowest BCUT2D eigenvalue weighted by Gasteiger charge is -2.12. The van der Waals surface area contributed by atoms with Crippen LogP contribution in [0.25, 0.3) is 0 Å². The topological polar surface area (TPSA) is 72.3 Å². The minimum absolute atomic E-state index is 0.0452. The predicted octanol–water partition coefficient (Wildman–Crippen LogP) is 2.82. The lowest BCUT2D eigenvalue weighted by Crippen LogP contribution is -2.19. The molecule has 1 heterocycles. The van der Waals surface area contributed by atoms with Crippen LogP contribution in [-0.2, 0) is 4.79 Å². The van der Waals surface area contributed by atoms with E-state index in [1.54, 1.807) is 6.21 Å². The van der Waals surface area contributed by atoms with E-state index in [9.17, 15) is 4.79 Å². The van der Waals surface area contributed by atoms with Gasteiger partial charge in [-0.2, -0.15) is 5.10 Å². The fourth-order valence-electron chi connectivity index (χ4n) is 1.85. The Morgan fingerprint density at radius 3 is 2.87 bits per heavy atom. The van der Waals surface area contributed by atoms with Crippen molar-refractivity contribution in [1.29, 1.82) is 0 Å². The first-order valence-electron chi connectivity index (χ1n) is 7.66. The van der Waals surface area contributed by atoms with Crippen molar-refractivity contribution in [3.63, 3.8) is 0 Å². The zero-order valence-electron chi connectivity index (χ0n) is 13.4.